The lowest BCUT2D eigenvalue weighted by molar-refractivity contribution is 0.687. The predicted molar refractivity (Wildman–Crippen MR) is 91.2 cm³/mol. The topological polar surface area (TPSA) is 15.3 Å². The Morgan fingerprint density at radius 1 is 1.10 bits per heavy atom. The zero-order valence-electron chi connectivity index (χ0n) is 12.0. The maximum atomic E-state index is 3.64. The molecule has 0 aromatic heterocycles. The van der Waals surface area contributed by atoms with E-state index >= 15 is 0 Å². The summed E-state index contributed by atoms with van der Waals surface area (Å²) < 4.78 is 1.15. The number of hydrogen-bond donors (Lipinski definition) is 1. The Labute approximate surface area is 134 Å². The molecule has 21 heavy (non-hydrogen) atoms. The molecule has 0 saturated heterocycles. The smallest absolute Gasteiger partial charge is 0.0467 e. The molecule has 0 amide bonds. The number of fused-ring (bicyclic) bond motifs is 1. The number of hydrogen-bond acceptors (Lipinski definition) is 2. The molecule has 0 radical (unpaired) electrons. The largest absolute Gasteiger partial charge is 0.341 e. The van der Waals surface area contributed by atoms with Crippen LogP contribution in [0.5, 0.6) is 0 Å². The molecule has 1 heterocycles. The van der Waals surface area contributed by atoms with Gasteiger partial charge in [0.05, 0.1) is 0 Å². The first kappa shape index (κ1) is 13.4. The van der Waals surface area contributed by atoms with Crippen molar-refractivity contribution < 1.29 is 0 Å². The van der Waals surface area contributed by atoms with Crippen LogP contribution in [0, 0.1) is 0 Å². The van der Waals surface area contributed by atoms with Crippen LogP contribution in [0.15, 0.2) is 46.9 Å². The Balaban J connectivity index is 1.68. The molecule has 2 aliphatic rings. The Morgan fingerprint density at radius 2 is 1.95 bits per heavy atom. The SMILES string of the molecule is Brc1ccc(CNC2CC2)c(N2CCc3ccccc32)c1. The fraction of sp³-hybridized carbons (Fsp3) is 0.333. The number of anilines is 2. The molecule has 1 N–H and O–H groups in total. The van der Waals surface area contributed by atoms with Crippen molar-refractivity contribution in [2.24, 2.45) is 0 Å². The van der Waals surface area contributed by atoms with E-state index in [0.29, 0.717) is 0 Å². The fourth-order valence-corrected chi connectivity index (χ4v) is 3.42. The van der Waals surface area contributed by atoms with Gasteiger partial charge in [-0.3, -0.25) is 0 Å². The molecule has 2 aromatic rings. The van der Waals surface area contributed by atoms with Gasteiger partial charge in [-0.25, -0.2) is 0 Å². The van der Waals surface area contributed by atoms with Gasteiger partial charge in [0.1, 0.15) is 0 Å². The summed E-state index contributed by atoms with van der Waals surface area (Å²) in [5.74, 6) is 0. The highest BCUT2D eigenvalue weighted by atomic mass is 79.9. The van der Waals surface area contributed by atoms with Crippen LogP contribution in [0.1, 0.15) is 24.0 Å². The molecule has 108 valence electrons. The lowest BCUT2D eigenvalue weighted by atomic mass is 10.1. The van der Waals surface area contributed by atoms with Crippen molar-refractivity contribution in [3.63, 3.8) is 0 Å². The van der Waals surface area contributed by atoms with Crippen LogP contribution >= 0.6 is 15.9 Å². The second-order valence-corrected chi connectivity index (χ2v) is 6.87. The summed E-state index contributed by atoms with van der Waals surface area (Å²) in [5.41, 5.74) is 5.55. The van der Waals surface area contributed by atoms with Crippen molar-refractivity contribution in [2.45, 2.75) is 31.8 Å². The van der Waals surface area contributed by atoms with E-state index in [1.165, 1.54) is 35.3 Å². The fourth-order valence-electron chi connectivity index (χ4n) is 3.07. The molecule has 0 unspecified atom stereocenters. The average Bonchev–Trinajstić information content (AvgIpc) is 3.23. The van der Waals surface area contributed by atoms with Gasteiger partial charge in [0.2, 0.25) is 0 Å². The third kappa shape index (κ3) is 2.72. The summed E-state index contributed by atoms with van der Waals surface area (Å²) in [6.45, 7) is 2.04. The molecule has 0 bridgehead atoms. The van der Waals surface area contributed by atoms with E-state index in [1.54, 1.807) is 0 Å². The number of halogens is 1. The summed E-state index contributed by atoms with van der Waals surface area (Å²) in [5, 5.41) is 3.64. The maximum absolute atomic E-state index is 3.64. The van der Waals surface area contributed by atoms with E-state index in [4.69, 9.17) is 0 Å². The van der Waals surface area contributed by atoms with E-state index in [2.05, 4.69) is 68.6 Å². The van der Waals surface area contributed by atoms with Crippen LogP contribution in [0.4, 0.5) is 11.4 Å². The zero-order valence-corrected chi connectivity index (χ0v) is 13.6. The molecule has 1 aliphatic heterocycles. The molecule has 1 fully saturated rings. The summed E-state index contributed by atoms with van der Waals surface area (Å²) in [4.78, 5) is 2.46. The van der Waals surface area contributed by atoms with Crippen molar-refractivity contribution in [2.75, 3.05) is 11.4 Å². The monoisotopic (exact) mass is 342 g/mol. The number of nitrogens with zero attached hydrogens (tertiary/aromatic N) is 1. The molecule has 3 heteroatoms. The van der Waals surface area contributed by atoms with Gasteiger partial charge >= 0.3 is 0 Å². The highest BCUT2D eigenvalue weighted by molar-refractivity contribution is 9.10. The van der Waals surface area contributed by atoms with Crippen molar-refractivity contribution >= 4 is 27.3 Å². The first-order chi connectivity index (χ1) is 10.3. The lowest BCUT2D eigenvalue weighted by Crippen LogP contribution is -2.20. The second-order valence-electron chi connectivity index (χ2n) is 5.96. The number of rotatable bonds is 4. The molecule has 1 saturated carbocycles. The van der Waals surface area contributed by atoms with E-state index in [9.17, 15) is 0 Å². The Hall–Kier alpha value is -1.32. The molecule has 2 nitrogen and oxygen atoms in total. The Morgan fingerprint density at radius 3 is 2.81 bits per heavy atom. The van der Waals surface area contributed by atoms with Gasteiger partial charge in [0, 0.05) is 35.0 Å². The summed E-state index contributed by atoms with van der Waals surface area (Å²) in [6.07, 6.45) is 3.80. The Bertz CT molecular complexity index is 664. The molecule has 1 aliphatic carbocycles. The minimum atomic E-state index is 0.743. The van der Waals surface area contributed by atoms with Gasteiger partial charge in [-0.05, 0) is 48.6 Å². The third-order valence-electron chi connectivity index (χ3n) is 4.38. The molecule has 2 aromatic carbocycles. The van der Waals surface area contributed by atoms with Gasteiger partial charge in [-0.2, -0.15) is 0 Å². The minimum absolute atomic E-state index is 0.743. The summed E-state index contributed by atoms with van der Waals surface area (Å²) >= 11 is 3.63. The minimum Gasteiger partial charge on any atom is -0.341 e. The van der Waals surface area contributed by atoms with Crippen molar-refractivity contribution in [1.82, 2.24) is 5.32 Å². The van der Waals surface area contributed by atoms with Gasteiger partial charge in [0.15, 0.2) is 0 Å². The quantitative estimate of drug-likeness (QED) is 0.885. The van der Waals surface area contributed by atoms with Crippen LogP contribution < -0.4 is 10.2 Å². The van der Waals surface area contributed by atoms with E-state index < -0.39 is 0 Å². The second kappa shape index (κ2) is 5.47. The van der Waals surface area contributed by atoms with Gasteiger partial charge in [-0.1, -0.05) is 40.2 Å². The third-order valence-corrected chi connectivity index (χ3v) is 4.88. The average molecular weight is 343 g/mol. The normalized spacial score (nSPS) is 17.1. The lowest BCUT2D eigenvalue weighted by Gasteiger charge is -2.23. The van der Waals surface area contributed by atoms with E-state index in [1.807, 2.05) is 0 Å². The molecular formula is C18H19BrN2. The van der Waals surface area contributed by atoms with Crippen molar-refractivity contribution in [1.29, 1.82) is 0 Å². The highest BCUT2D eigenvalue weighted by Gasteiger charge is 2.24. The van der Waals surface area contributed by atoms with Gasteiger partial charge < -0.3 is 10.2 Å². The van der Waals surface area contributed by atoms with Crippen LogP contribution in [-0.4, -0.2) is 12.6 Å². The Kier molecular flexibility index (Phi) is 3.48. The predicted octanol–water partition coefficient (Wildman–Crippen LogP) is 4.40. The van der Waals surface area contributed by atoms with E-state index in [0.717, 1.165) is 30.0 Å². The zero-order chi connectivity index (χ0) is 14.2. The summed E-state index contributed by atoms with van der Waals surface area (Å²) in [7, 11) is 0. The van der Waals surface area contributed by atoms with Crippen molar-refractivity contribution in [3.8, 4) is 0 Å². The number of nitrogens with one attached hydrogen (secondary N) is 1. The highest BCUT2D eigenvalue weighted by Crippen LogP contribution is 2.37. The van der Waals surface area contributed by atoms with Crippen LogP contribution in [0.2, 0.25) is 0 Å². The molecule has 0 atom stereocenters. The molecule has 4 rings (SSSR count). The number of para-hydroxylation sites is 1. The van der Waals surface area contributed by atoms with Crippen LogP contribution in [0.3, 0.4) is 0 Å². The maximum Gasteiger partial charge on any atom is 0.0467 e. The van der Waals surface area contributed by atoms with Crippen LogP contribution in [0.25, 0.3) is 0 Å². The van der Waals surface area contributed by atoms with Crippen LogP contribution in [-0.2, 0) is 13.0 Å². The summed E-state index contributed by atoms with van der Waals surface area (Å²) in [6, 6.07) is 16.1. The van der Waals surface area contributed by atoms with Gasteiger partial charge in [0.25, 0.3) is 0 Å². The first-order valence-electron chi connectivity index (χ1n) is 7.68. The first-order valence-corrected chi connectivity index (χ1v) is 8.48. The van der Waals surface area contributed by atoms with E-state index in [-0.39, 0.29) is 0 Å². The number of benzene rings is 2. The van der Waals surface area contributed by atoms with Gasteiger partial charge in [-0.15, -0.1) is 0 Å². The molecular weight excluding hydrogens is 324 g/mol. The van der Waals surface area contributed by atoms with Crippen molar-refractivity contribution in [3.05, 3.63) is 58.1 Å². The standard InChI is InChI=1S/C18H19BrN2/c19-15-6-5-14(12-20-16-7-8-16)18(11-15)21-10-9-13-3-1-2-4-17(13)21/h1-6,11,16,20H,7-10,12H2. The molecule has 0 spiro atoms.